The third-order valence-electron chi connectivity index (χ3n) is 7.20. The number of anilines is 1. The molecule has 0 saturated heterocycles. The van der Waals surface area contributed by atoms with Crippen LogP contribution in [0.5, 0.6) is 0 Å². The van der Waals surface area contributed by atoms with E-state index in [1.807, 2.05) is 62.0 Å². The van der Waals surface area contributed by atoms with Gasteiger partial charge >= 0.3 is 0 Å². The van der Waals surface area contributed by atoms with Crippen molar-refractivity contribution in [1.29, 1.82) is 0 Å². The predicted molar refractivity (Wildman–Crippen MR) is 198 cm³/mol. The molecule has 0 saturated carbocycles. The van der Waals surface area contributed by atoms with Gasteiger partial charge in [-0.1, -0.05) is 155 Å². The molecule has 3 aromatic rings. The van der Waals surface area contributed by atoms with Gasteiger partial charge in [0.15, 0.2) is 0 Å². The Kier molecular flexibility index (Phi) is 12.4. The van der Waals surface area contributed by atoms with Crippen LogP contribution in [0.3, 0.4) is 0 Å². The van der Waals surface area contributed by atoms with E-state index in [1.165, 1.54) is 15.4 Å². The zero-order chi connectivity index (χ0) is 30.1. The summed E-state index contributed by atoms with van der Waals surface area (Å²) < 4.78 is 0. The van der Waals surface area contributed by atoms with E-state index >= 15 is 0 Å². The summed E-state index contributed by atoms with van der Waals surface area (Å²) in [6.45, 7) is 20.4. The molecular weight excluding hydrogens is 561 g/mol. The molecule has 1 atom stereocenters. The molecule has 4 heteroatoms. The quantitative estimate of drug-likeness (QED) is 0.185. The van der Waals surface area contributed by atoms with Crippen LogP contribution in [0.25, 0.3) is 27.8 Å². The molecule has 0 bridgehead atoms. The molecular formula is C39H42N2S2. The number of thioether (sulfide) groups is 1. The first-order chi connectivity index (χ1) is 20.5. The maximum absolute atomic E-state index is 6.27. The van der Waals surface area contributed by atoms with Gasteiger partial charge in [0.05, 0.1) is 11.7 Å². The number of hydrogen-bond donors (Lipinski definition) is 1. The number of hydrogen-bond acceptors (Lipinski definition) is 3. The monoisotopic (exact) mass is 602 g/mol. The van der Waals surface area contributed by atoms with E-state index in [1.54, 1.807) is 0 Å². The van der Waals surface area contributed by atoms with Gasteiger partial charge in [0.1, 0.15) is 0 Å². The van der Waals surface area contributed by atoms with Gasteiger partial charge in [-0.25, -0.2) is 0 Å². The molecule has 2 nitrogen and oxygen atoms in total. The standard InChI is InChI=1S/C37H34N2S.C2H6.H2S/c1-5-7-15-29(37-34-21-12-13-23-35(34)40-37)25-24-28-16-14-22-33(32-20-11-10-19-31(32)27(4)38)36(28)39(26(3)6-2)30-17-8-9-18-30;1-2;/h5-8,10-17,19-25,30H,1-4,9,18,38H2;1-2H3;1H2/b15-7-,25-24?,37-29+;;. The van der Waals surface area contributed by atoms with Gasteiger partial charge in [-0.15, -0.1) is 0 Å². The lowest BCUT2D eigenvalue weighted by molar-refractivity contribution is 0.733. The third-order valence-corrected chi connectivity index (χ3v) is 8.43. The Morgan fingerprint density at radius 1 is 0.907 bits per heavy atom. The number of para-hydroxylation sites is 1. The maximum Gasteiger partial charge on any atom is 0.0569 e. The van der Waals surface area contributed by atoms with Crippen molar-refractivity contribution in [2.45, 2.75) is 37.6 Å². The SMILES string of the molecule is C=C/C=C\C(C=Cc1cccc(-c2ccccc2C(=C)N)c1N(C(=C)C=C)C1C=CCC1)=C1/Sc2ccccc21.CC.S. The fourth-order valence-corrected chi connectivity index (χ4v) is 6.30. The van der Waals surface area contributed by atoms with Crippen molar-refractivity contribution in [1.82, 2.24) is 0 Å². The molecule has 5 rings (SSSR count). The van der Waals surface area contributed by atoms with E-state index in [0.29, 0.717) is 5.70 Å². The summed E-state index contributed by atoms with van der Waals surface area (Å²) in [6, 6.07) is 23.3. The number of benzene rings is 3. The van der Waals surface area contributed by atoms with Crippen molar-refractivity contribution in [3.05, 3.63) is 164 Å². The molecule has 0 fully saturated rings. The summed E-state index contributed by atoms with van der Waals surface area (Å²) in [4.78, 5) is 4.89. The molecule has 0 radical (unpaired) electrons. The van der Waals surface area contributed by atoms with Crippen molar-refractivity contribution < 1.29 is 0 Å². The van der Waals surface area contributed by atoms with Crippen LogP contribution in [-0.4, -0.2) is 6.04 Å². The molecule has 220 valence electrons. The lowest BCUT2D eigenvalue weighted by Gasteiger charge is -2.34. The minimum absolute atomic E-state index is 0. The van der Waals surface area contributed by atoms with E-state index < -0.39 is 0 Å². The molecule has 1 aliphatic carbocycles. The van der Waals surface area contributed by atoms with Gasteiger partial charge < -0.3 is 10.6 Å². The van der Waals surface area contributed by atoms with Crippen molar-refractivity contribution in [2.75, 3.05) is 4.90 Å². The fourth-order valence-electron chi connectivity index (χ4n) is 5.27. The smallest absolute Gasteiger partial charge is 0.0569 e. The topological polar surface area (TPSA) is 29.3 Å². The van der Waals surface area contributed by atoms with Gasteiger partial charge in [-0.05, 0) is 41.7 Å². The Labute approximate surface area is 269 Å². The number of fused-ring (bicyclic) bond motifs is 1. The summed E-state index contributed by atoms with van der Waals surface area (Å²) in [5.41, 5.74) is 15.3. The Morgan fingerprint density at radius 2 is 1.60 bits per heavy atom. The maximum atomic E-state index is 6.27. The van der Waals surface area contributed by atoms with Crippen LogP contribution in [0.4, 0.5) is 5.69 Å². The molecule has 0 amide bonds. The van der Waals surface area contributed by atoms with E-state index in [-0.39, 0.29) is 19.5 Å². The van der Waals surface area contributed by atoms with Crippen molar-refractivity contribution >= 4 is 47.6 Å². The Morgan fingerprint density at radius 3 is 2.26 bits per heavy atom. The molecule has 43 heavy (non-hydrogen) atoms. The predicted octanol–water partition coefficient (Wildman–Crippen LogP) is 10.9. The van der Waals surface area contributed by atoms with Crippen LogP contribution < -0.4 is 10.6 Å². The highest BCUT2D eigenvalue weighted by Gasteiger charge is 2.26. The van der Waals surface area contributed by atoms with E-state index in [2.05, 4.69) is 110 Å². The largest absolute Gasteiger partial charge is 0.399 e. The number of nitrogens with zero attached hydrogens (tertiary/aromatic N) is 1. The number of nitrogens with two attached hydrogens (primary N) is 1. The lowest BCUT2D eigenvalue weighted by Crippen LogP contribution is -2.32. The Balaban J connectivity index is 0.00000165. The Bertz CT molecular complexity index is 1620. The molecule has 2 N–H and O–H groups in total. The highest BCUT2D eigenvalue weighted by Crippen LogP contribution is 2.51. The fraction of sp³-hybridized carbons (Fsp3) is 0.128. The average molecular weight is 603 g/mol. The van der Waals surface area contributed by atoms with E-state index in [4.69, 9.17) is 5.73 Å². The van der Waals surface area contributed by atoms with Gasteiger partial charge in [-0.2, -0.15) is 13.5 Å². The van der Waals surface area contributed by atoms with Crippen molar-refractivity contribution in [3.8, 4) is 11.1 Å². The number of rotatable bonds is 10. The normalized spacial score (nSPS) is 15.9. The molecule has 2 aliphatic rings. The van der Waals surface area contributed by atoms with Gasteiger partial charge in [0.25, 0.3) is 0 Å². The third kappa shape index (κ3) is 7.27. The second kappa shape index (κ2) is 15.9. The summed E-state index contributed by atoms with van der Waals surface area (Å²) in [5.74, 6) is 0. The molecule has 1 heterocycles. The molecule has 3 aromatic carbocycles. The summed E-state index contributed by atoms with van der Waals surface area (Å²) in [6.07, 6.45) is 18.7. The van der Waals surface area contributed by atoms with Gasteiger partial charge in [0.2, 0.25) is 0 Å². The highest BCUT2D eigenvalue weighted by molar-refractivity contribution is 8.10. The van der Waals surface area contributed by atoms with E-state index in [0.717, 1.165) is 52.1 Å². The van der Waals surface area contributed by atoms with Crippen LogP contribution in [-0.2, 0) is 0 Å². The van der Waals surface area contributed by atoms with Crippen molar-refractivity contribution in [3.63, 3.8) is 0 Å². The van der Waals surface area contributed by atoms with Gasteiger partial charge in [-0.3, -0.25) is 0 Å². The first-order valence-corrected chi connectivity index (χ1v) is 15.3. The minimum atomic E-state index is 0. The first-order valence-electron chi connectivity index (χ1n) is 14.5. The molecule has 1 aliphatic heterocycles. The number of allylic oxidation sites excluding steroid dienone is 7. The minimum Gasteiger partial charge on any atom is -0.399 e. The average Bonchev–Trinajstić information content (AvgIpc) is 3.54. The lowest BCUT2D eigenvalue weighted by atomic mass is 9.92. The van der Waals surface area contributed by atoms with Crippen LogP contribution >= 0.6 is 25.3 Å². The highest BCUT2D eigenvalue weighted by atomic mass is 32.2. The second-order valence-corrected chi connectivity index (χ2v) is 10.8. The second-order valence-electron chi connectivity index (χ2n) is 9.76. The van der Waals surface area contributed by atoms with Crippen LogP contribution in [0.2, 0.25) is 0 Å². The van der Waals surface area contributed by atoms with Crippen LogP contribution in [0.1, 0.15) is 43.4 Å². The molecule has 0 spiro atoms. The summed E-state index contributed by atoms with van der Waals surface area (Å²) in [5, 5.41) is 0. The van der Waals surface area contributed by atoms with Crippen LogP contribution in [0.15, 0.2) is 152 Å². The molecule has 0 aromatic heterocycles. The summed E-state index contributed by atoms with van der Waals surface area (Å²) >= 11 is 1.81. The zero-order valence-electron chi connectivity index (χ0n) is 25.2. The Hall–Kier alpha value is -4.12. The first kappa shape index (κ1) is 33.4. The van der Waals surface area contributed by atoms with Crippen molar-refractivity contribution in [2.24, 2.45) is 5.73 Å². The summed E-state index contributed by atoms with van der Waals surface area (Å²) in [7, 11) is 0. The van der Waals surface area contributed by atoms with E-state index in [9.17, 15) is 0 Å². The zero-order valence-corrected chi connectivity index (χ0v) is 27.0. The molecule has 1 unspecified atom stereocenters. The van der Waals surface area contributed by atoms with Gasteiger partial charge in [0, 0.05) is 37.9 Å². The van der Waals surface area contributed by atoms with Crippen LogP contribution in [0, 0.1) is 0 Å².